The number of nitrogens with zero attached hydrogens (tertiary/aromatic N) is 2. The first-order valence-electron chi connectivity index (χ1n) is 12.5. The van der Waals surface area contributed by atoms with Crippen molar-refractivity contribution < 1.29 is 22.3 Å². The molecule has 1 aromatic heterocycles. The number of carbonyl (C=O) groups is 1. The number of amides is 1. The van der Waals surface area contributed by atoms with Crippen LogP contribution in [0.15, 0.2) is 64.9 Å². The maximum absolute atomic E-state index is 13.7. The van der Waals surface area contributed by atoms with Crippen molar-refractivity contribution in [2.75, 3.05) is 26.2 Å². The number of ether oxygens (including phenoxy) is 1. The van der Waals surface area contributed by atoms with Crippen molar-refractivity contribution in [2.45, 2.75) is 44.6 Å². The molecule has 1 aliphatic heterocycles. The van der Waals surface area contributed by atoms with Gasteiger partial charge in [-0.25, -0.2) is 12.8 Å². The second-order valence-electron chi connectivity index (χ2n) is 9.54. The van der Waals surface area contributed by atoms with Crippen molar-refractivity contribution in [3.8, 4) is 5.75 Å². The Morgan fingerprint density at radius 2 is 1.97 bits per heavy atom. The van der Waals surface area contributed by atoms with E-state index in [1.807, 2.05) is 32.2 Å². The number of sulfonamides is 1. The average molecular weight is 545 g/mol. The number of aryl methyl sites for hydroxylation is 1. The molecule has 2 heterocycles. The first-order valence-corrected chi connectivity index (χ1v) is 14.8. The van der Waals surface area contributed by atoms with Gasteiger partial charge in [0.1, 0.15) is 18.2 Å². The topological polar surface area (TPSA) is 66.9 Å². The van der Waals surface area contributed by atoms with E-state index in [0.29, 0.717) is 18.7 Å². The van der Waals surface area contributed by atoms with Crippen LogP contribution in [-0.2, 0) is 21.2 Å². The lowest BCUT2D eigenvalue weighted by Gasteiger charge is -2.37. The lowest BCUT2D eigenvalue weighted by atomic mass is 10.0. The zero-order valence-corrected chi connectivity index (χ0v) is 23.0. The Morgan fingerprint density at radius 1 is 1.22 bits per heavy atom. The van der Waals surface area contributed by atoms with Crippen LogP contribution in [0.4, 0.5) is 4.39 Å². The van der Waals surface area contributed by atoms with Crippen molar-refractivity contribution in [3.63, 3.8) is 0 Å². The van der Waals surface area contributed by atoms with Gasteiger partial charge in [-0.3, -0.25) is 4.79 Å². The van der Waals surface area contributed by atoms with E-state index >= 15 is 0 Å². The molecular formula is C28H33FN2O4S2. The smallest absolute Gasteiger partial charge is 0.243 e. The van der Waals surface area contributed by atoms with Crippen LogP contribution in [0.25, 0.3) is 0 Å². The molecule has 0 fully saturated rings. The first kappa shape index (κ1) is 27.3. The molecular weight excluding hydrogens is 511 g/mol. The third-order valence-corrected chi connectivity index (χ3v) is 9.62. The number of rotatable bonds is 10. The molecule has 0 saturated heterocycles. The van der Waals surface area contributed by atoms with E-state index in [0.717, 1.165) is 17.5 Å². The maximum atomic E-state index is 13.7. The van der Waals surface area contributed by atoms with E-state index in [-0.39, 0.29) is 36.4 Å². The lowest BCUT2D eigenvalue weighted by Crippen LogP contribution is -2.48. The third kappa shape index (κ3) is 6.40. The summed E-state index contributed by atoms with van der Waals surface area (Å²) in [4.78, 5) is 16.8. The van der Waals surface area contributed by atoms with Crippen LogP contribution in [0, 0.1) is 18.7 Å². The van der Waals surface area contributed by atoms with Gasteiger partial charge < -0.3 is 9.64 Å². The van der Waals surface area contributed by atoms with Crippen LogP contribution >= 0.6 is 11.3 Å². The molecule has 4 rings (SSSR count). The molecule has 0 unspecified atom stereocenters. The fraction of sp³-hybridized carbons (Fsp3) is 0.393. The number of benzene rings is 2. The highest BCUT2D eigenvalue weighted by Crippen LogP contribution is 2.34. The number of thiophene rings is 1. The van der Waals surface area contributed by atoms with E-state index in [1.54, 1.807) is 52.6 Å². The Bertz CT molecular complexity index is 1320. The Labute approximate surface area is 222 Å². The summed E-state index contributed by atoms with van der Waals surface area (Å²) in [6.45, 7) is 6.50. The van der Waals surface area contributed by atoms with E-state index in [2.05, 4.69) is 0 Å². The number of halogens is 1. The van der Waals surface area contributed by atoms with Crippen LogP contribution in [-0.4, -0.2) is 49.8 Å². The van der Waals surface area contributed by atoms with E-state index in [4.69, 9.17) is 4.74 Å². The van der Waals surface area contributed by atoms with E-state index < -0.39 is 21.9 Å². The van der Waals surface area contributed by atoms with Crippen molar-refractivity contribution in [2.24, 2.45) is 5.92 Å². The van der Waals surface area contributed by atoms with Gasteiger partial charge in [-0.15, -0.1) is 11.3 Å². The zero-order valence-electron chi connectivity index (χ0n) is 21.4. The highest BCUT2D eigenvalue weighted by atomic mass is 32.2. The molecule has 0 radical (unpaired) electrons. The van der Waals surface area contributed by atoms with Crippen LogP contribution in [0.3, 0.4) is 0 Å². The number of fused-ring (bicyclic) bond motifs is 1. The molecule has 3 aromatic rings. The van der Waals surface area contributed by atoms with Crippen molar-refractivity contribution in [3.05, 3.63) is 81.8 Å². The average Bonchev–Trinajstić information content (AvgIpc) is 3.36. The number of hydrogen-bond acceptors (Lipinski definition) is 5. The summed E-state index contributed by atoms with van der Waals surface area (Å²) in [6.07, 6.45) is 1.49. The van der Waals surface area contributed by atoms with Crippen molar-refractivity contribution in [1.82, 2.24) is 9.21 Å². The number of carbonyl (C=O) groups excluding carboxylic acids is 1. The summed E-state index contributed by atoms with van der Waals surface area (Å²) < 4.78 is 48.1. The summed E-state index contributed by atoms with van der Waals surface area (Å²) >= 11 is 1.64. The van der Waals surface area contributed by atoms with Gasteiger partial charge >= 0.3 is 0 Å². The Kier molecular flexibility index (Phi) is 8.67. The van der Waals surface area contributed by atoms with Crippen LogP contribution in [0.5, 0.6) is 5.75 Å². The van der Waals surface area contributed by atoms with Gasteiger partial charge in [-0.05, 0) is 60.5 Å². The molecule has 37 heavy (non-hydrogen) atoms. The SMILES string of the molecule is CC[C@H](C)CN(CC(=O)N1CCc2sccc2[C@@H]1COc1cccc(F)c1)S(=O)(=O)c1ccc(C)cc1. The Balaban J connectivity index is 1.58. The minimum atomic E-state index is -3.87. The quantitative estimate of drug-likeness (QED) is 0.341. The predicted octanol–water partition coefficient (Wildman–Crippen LogP) is 5.44. The first-order chi connectivity index (χ1) is 17.7. The summed E-state index contributed by atoms with van der Waals surface area (Å²) in [5, 5.41) is 1.99. The monoisotopic (exact) mass is 544 g/mol. The standard InChI is InChI=1S/C28H33FN2O4S2/c1-4-20(2)17-30(37(33,34)24-10-8-21(3)9-11-24)18-28(32)31-14-12-27-25(13-15-36-27)26(31)19-35-23-7-5-6-22(29)16-23/h5-11,13,15-16,20,26H,4,12,14,17-19H2,1-3H3/t20-,26-/m0/s1. The van der Waals surface area contributed by atoms with E-state index in [9.17, 15) is 17.6 Å². The predicted molar refractivity (Wildman–Crippen MR) is 144 cm³/mol. The van der Waals surface area contributed by atoms with Gasteiger partial charge in [-0.1, -0.05) is 44.0 Å². The molecule has 6 nitrogen and oxygen atoms in total. The van der Waals surface area contributed by atoms with Crippen LogP contribution in [0.2, 0.25) is 0 Å². The molecule has 2 aromatic carbocycles. The van der Waals surface area contributed by atoms with Crippen molar-refractivity contribution >= 4 is 27.3 Å². The van der Waals surface area contributed by atoms with Gasteiger partial charge in [0.15, 0.2) is 0 Å². The maximum Gasteiger partial charge on any atom is 0.243 e. The highest BCUT2D eigenvalue weighted by Gasteiger charge is 2.35. The largest absolute Gasteiger partial charge is 0.491 e. The fourth-order valence-electron chi connectivity index (χ4n) is 4.43. The fourth-order valence-corrected chi connectivity index (χ4v) is 6.87. The van der Waals surface area contributed by atoms with Crippen LogP contribution < -0.4 is 4.74 Å². The normalized spacial score (nSPS) is 16.5. The molecule has 0 spiro atoms. The highest BCUT2D eigenvalue weighted by molar-refractivity contribution is 7.89. The zero-order chi connectivity index (χ0) is 26.6. The molecule has 1 amide bonds. The molecule has 0 N–H and O–H groups in total. The van der Waals surface area contributed by atoms with Gasteiger partial charge in [0.05, 0.1) is 17.5 Å². The number of hydrogen-bond donors (Lipinski definition) is 0. The van der Waals surface area contributed by atoms with Gasteiger partial charge in [0, 0.05) is 24.0 Å². The van der Waals surface area contributed by atoms with Crippen molar-refractivity contribution in [1.29, 1.82) is 0 Å². The molecule has 0 aliphatic carbocycles. The summed E-state index contributed by atoms with van der Waals surface area (Å²) in [6, 6.07) is 14.2. The molecule has 0 saturated carbocycles. The van der Waals surface area contributed by atoms with Gasteiger partial charge in [-0.2, -0.15) is 4.31 Å². The summed E-state index contributed by atoms with van der Waals surface area (Å²) in [5.74, 6) is -0.198. The molecule has 2 atom stereocenters. The summed E-state index contributed by atoms with van der Waals surface area (Å²) in [5.41, 5.74) is 1.96. The second-order valence-corrected chi connectivity index (χ2v) is 12.5. The lowest BCUT2D eigenvalue weighted by molar-refractivity contribution is -0.135. The minimum Gasteiger partial charge on any atom is -0.491 e. The second kappa shape index (κ2) is 11.8. The minimum absolute atomic E-state index is 0.0879. The van der Waals surface area contributed by atoms with E-state index in [1.165, 1.54) is 21.3 Å². The van der Waals surface area contributed by atoms with Gasteiger partial charge in [0.2, 0.25) is 15.9 Å². The Hall–Kier alpha value is -2.75. The molecule has 9 heteroatoms. The third-order valence-electron chi connectivity index (χ3n) is 6.80. The van der Waals surface area contributed by atoms with Crippen LogP contribution in [0.1, 0.15) is 42.3 Å². The Morgan fingerprint density at radius 3 is 2.68 bits per heavy atom. The summed E-state index contributed by atoms with van der Waals surface area (Å²) in [7, 11) is -3.87. The van der Waals surface area contributed by atoms with Gasteiger partial charge in [0.25, 0.3) is 0 Å². The molecule has 0 bridgehead atoms. The molecule has 198 valence electrons. The molecule has 1 aliphatic rings.